The lowest BCUT2D eigenvalue weighted by Crippen LogP contribution is -1.99. The van der Waals surface area contributed by atoms with Gasteiger partial charge in [0.2, 0.25) is 9.05 Å². The van der Waals surface area contributed by atoms with Crippen molar-refractivity contribution in [3.05, 3.63) is 29.3 Å². The maximum Gasteiger partial charge on any atom is 0.232 e. The molecule has 0 bridgehead atoms. The number of unbranched alkanes of at least 4 members (excludes halogenated alkanes) is 3. The van der Waals surface area contributed by atoms with Gasteiger partial charge in [0.25, 0.3) is 0 Å². The molecule has 0 radical (unpaired) electrons. The van der Waals surface area contributed by atoms with Gasteiger partial charge in [-0.25, -0.2) is 8.42 Å². The van der Waals surface area contributed by atoms with E-state index in [0.717, 1.165) is 19.3 Å². The molecule has 0 fully saturated rings. The smallest absolute Gasteiger partial charge is 0.232 e. The molecule has 102 valence electrons. The van der Waals surface area contributed by atoms with Crippen molar-refractivity contribution in [2.75, 3.05) is 12.4 Å². The van der Waals surface area contributed by atoms with Crippen molar-refractivity contribution in [1.82, 2.24) is 0 Å². The molecule has 0 saturated heterocycles. The van der Waals surface area contributed by atoms with Crippen molar-refractivity contribution in [2.45, 2.75) is 25.7 Å². The minimum Gasteiger partial charge on any atom is -0.492 e. The molecule has 0 N–H and O–H groups in total. The SMILES string of the molecule is O=S(=O)(Cl)CCCCCCOc1ccccc1Cl. The van der Waals surface area contributed by atoms with Gasteiger partial charge in [-0.3, -0.25) is 0 Å². The van der Waals surface area contributed by atoms with Crippen LogP contribution in [0.2, 0.25) is 5.02 Å². The van der Waals surface area contributed by atoms with E-state index in [1.807, 2.05) is 18.2 Å². The van der Waals surface area contributed by atoms with Crippen LogP contribution in [0.25, 0.3) is 0 Å². The number of ether oxygens (including phenoxy) is 1. The Balaban J connectivity index is 2.08. The summed E-state index contributed by atoms with van der Waals surface area (Å²) in [6.45, 7) is 0.581. The van der Waals surface area contributed by atoms with Crippen LogP contribution < -0.4 is 4.74 Å². The zero-order valence-electron chi connectivity index (χ0n) is 9.94. The Morgan fingerprint density at radius 3 is 2.39 bits per heavy atom. The van der Waals surface area contributed by atoms with E-state index in [-0.39, 0.29) is 5.75 Å². The first kappa shape index (κ1) is 15.6. The Kier molecular flexibility index (Phi) is 6.82. The first-order chi connectivity index (χ1) is 8.49. The van der Waals surface area contributed by atoms with Gasteiger partial charge in [0, 0.05) is 10.7 Å². The van der Waals surface area contributed by atoms with Crippen LogP contribution in [-0.2, 0) is 9.05 Å². The van der Waals surface area contributed by atoms with Crippen molar-refractivity contribution < 1.29 is 13.2 Å². The second kappa shape index (κ2) is 7.87. The van der Waals surface area contributed by atoms with E-state index in [4.69, 9.17) is 27.0 Å². The van der Waals surface area contributed by atoms with Gasteiger partial charge in [-0.2, -0.15) is 0 Å². The largest absolute Gasteiger partial charge is 0.492 e. The van der Waals surface area contributed by atoms with Crippen LogP contribution in [0.5, 0.6) is 5.75 Å². The van der Waals surface area contributed by atoms with Crippen LogP contribution in [0.4, 0.5) is 0 Å². The fourth-order valence-electron chi connectivity index (χ4n) is 1.47. The van der Waals surface area contributed by atoms with E-state index in [1.165, 1.54) is 0 Å². The standard InChI is InChI=1S/C12H16Cl2O3S/c13-11-7-3-4-8-12(11)17-9-5-1-2-6-10-18(14,15)16/h3-4,7-8H,1-2,5-6,9-10H2. The molecule has 1 aromatic carbocycles. The fourth-order valence-corrected chi connectivity index (χ4v) is 2.54. The molecule has 0 atom stereocenters. The summed E-state index contributed by atoms with van der Waals surface area (Å²) in [6.07, 6.45) is 3.21. The van der Waals surface area contributed by atoms with Crippen molar-refractivity contribution in [3.63, 3.8) is 0 Å². The highest BCUT2D eigenvalue weighted by Gasteiger charge is 2.04. The maximum atomic E-state index is 10.7. The van der Waals surface area contributed by atoms with E-state index in [0.29, 0.717) is 23.8 Å². The molecule has 0 unspecified atom stereocenters. The Morgan fingerprint density at radius 2 is 1.72 bits per heavy atom. The van der Waals surface area contributed by atoms with Gasteiger partial charge in [-0.1, -0.05) is 36.6 Å². The Bertz CT molecular complexity index is 460. The third-order valence-corrected chi connectivity index (χ3v) is 3.93. The van der Waals surface area contributed by atoms with Crippen LogP contribution >= 0.6 is 22.3 Å². The number of para-hydroxylation sites is 1. The van der Waals surface area contributed by atoms with Crippen LogP contribution in [0, 0.1) is 0 Å². The normalized spacial score (nSPS) is 11.4. The van der Waals surface area contributed by atoms with E-state index in [2.05, 4.69) is 0 Å². The molecule has 0 spiro atoms. The lowest BCUT2D eigenvalue weighted by Gasteiger charge is -2.07. The minimum atomic E-state index is -3.34. The molecule has 0 aliphatic rings. The molecule has 1 rings (SSSR count). The molecular formula is C12H16Cl2O3S. The van der Waals surface area contributed by atoms with Crippen molar-refractivity contribution in [2.24, 2.45) is 0 Å². The van der Waals surface area contributed by atoms with Gasteiger partial charge >= 0.3 is 0 Å². The molecule has 18 heavy (non-hydrogen) atoms. The zero-order chi connectivity index (χ0) is 13.4. The second-order valence-electron chi connectivity index (χ2n) is 3.94. The first-order valence-electron chi connectivity index (χ1n) is 5.79. The van der Waals surface area contributed by atoms with E-state index in [1.54, 1.807) is 6.07 Å². The third kappa shape index (κ3) is 7.09. The number of rotatable bonds is 8. The monoisotopic (exact) mass is 310 g/mol. The summed E-state index contributed by atoms with van der Waals surface area (Å²) in [4.78, 5) is 0. The van der Waals surface area contributed by atoms with Gasteiger partial charge in [0.15, 0.2) is 0 Å². The number of halogens is 2. The molecule has 3 nitrogen and oxygen atoms in total. The fraction of sp³-hybridized carbons (Fsp3) is 0.500. The van der Waals surface area contributed by atoms with Crippen LogP contribution in [-0.4, -0.2) is 20.8 Å². The molecule has 0 amide bonds. The quantitative estimate of drug-likeness (QED) is 0.541. The van der Waals surface area contributed by atoms with E-state index < -0.39 is 9.05 Å². The average molecular weight is 311 g/mol. The summed E-state index contributed by atoms with van der Waals surface area (Å²) in [5.41, 5.74) is 0. The highest BCUT2D eigenvalue weighted by Crippen LogP contribution is 2.23. The lowest BCUT2D eigenvalue weighted by molar-refractivity contribution is 0.305. The first-order valence-corrected chi connectivity index (χ1v) is 8.64. The lowest BCUT2D eigenvalue weighted by atomic mass is 10.2. The van der Waals surface area contributed by atoms with Crippen LogP contribution in [0.1, 0.15) is 25.7 Å². The average Bonchev–Trinajstić information content (AvgIpc) is 2.28. The van der Waals surface area contributed by atoms with Crippen LogP contribution in [0.3, 0.4) is 0 Å². The minimum absolute atomic E-state index is 0.0416. The zero-order valence-corrected chi connectivity index (χ0v) is 12.3. The highest BCUT2D eigenvalue weighted by atomic mass is 35.7. The van der Waals surface area contributed by atoms with Gasteiger partial charge in [0.05, 0.1) is 17.4 Å². The molecule has 6 heteroatoms. The van der Waals surface area contributed by atoms with Crippen molar-refractivity contribution >= 4 is 31.3 Å². The predicted octanol–water partition coefficient (Wildman–Crippen LogP) is 3.85. The topological polar surface area (TPSA) is 43.4 Å². The molecule has 0 heterocycles. The molecular weight excluding hydrogens is 295 g/mol. The van der Waals surface area contributed by atoms with Gasteiger partial charge < -0.3 is 4.74 Å². The highest BCUT2D eigenvalue weighted by molar-refractivity contribution is 8.13. The Morgan fingerprint density at radius 1 is 1.06 bits per heavy atom. The van der Waals surface area contributed by atoms with E-state index >= 15 is 0 Å². The third-order valence-electron chi connectivity index (χ3n) is 2.38. The number of hydrogen-bond donors (Lipinski definition) is 0. The summed E-state index contributed by atoms with van der Waals surface area (Å²) < 4.78 is 26.8. The van der Waals surface area contributed by atoms with E-state index in [9.17, 15) is 8.42 Å². The van der Waals surface area contributed by atoms with Crippen molar-refractivity contribution in [1.29, 1.82) is 0 Å². The Hall–Kier alpha value is -0.450. The second-order valence-corrected chi connectivity index (χ2v) is 7.24. The summed E-state index contributed by atoms with van der Waals surface area (Å²) >= 11 is 5.93. The molecule has 0 aromatic heterocycles. The Labute approximate surface area is 117 Å². The summed E-state index contributed by atoms with van der Waals surface area (Å²) in [5.74, 6) is 0.724. The molecule has 0 saturated carbocycles. The van der Waals surface area contributed by atoms with Gasteiger partial charge in [0.1, 0.15) is 5.75 Å². The van der Waals surface area contributed by atoms with Crippen molar-refractivity contribution in [3.8, 4) is 5.75 Å². The summed E-state index contributed by atoms with van der Waals surface area (Å²) in [5, 5.41) is 0.603. The van der Waals surface area contributed by atoms with Gasteiger partial charge in [-0.05, 0) is 25.0 Å². The van der Waals surface area contributed by atoms with Crippen LogP contribution in [0.15, 0.2) is 24.3 Å². The summed E-state index contributed by atoms with van der Waals surface area (Å²) in [6, 6.07) is 7.32. The van der Waals surface area contributed by atoms with Gasteiger partial charge in [-0.15, -0.1) is 0 Å². The predicted molar refractivity (Wildman–Crippen MR) is 75.1 cm³/mol. The number of hydrogen-bond acceptors (Lipinski definition) is 3. The molecule has 0 aliphatic carbocycles. The maximum absolute atomic E-state index is 10.7. The molecule has 1 aromatic rings. The number of benzene rings is 1. The molecule has 0 aliphatic heterocycles. The summed E-state index contributed by atoms with van der Waals surface area (Å²) in [7, 11) is 1.76.